The Kier molecular flexibility index (Phi) is 6.12. The highest BCUT2D eigenvalue weighted by Gasteiger charge is 2.07. The lowest BCUT2D eigenvalue weighted by atomic mass is 10.2. The van der Waals surface area contributed by atoms with Crippen molar-refractivity contribution in [1.82, 2.24) is 20.1 Å². The number of aryl methyl sites for hydroxylation is 1. The van der Waals surface area contributed by atoms with E-state index in [-0.39, 0.29) is 12.0 Å². The van der Waals surface area contributed by atoms with Gasteiger partial charge >= 0.3 is 0 Å². The number of carbonyl (C=O) groups excluding carboxylic acids is 1. The summed E-state index contributed by atoms with van der Waals surface area (Å²) >= 11 is 0. The Morgan fingerprint density at radius 2 is 2.12 bits per heavy atom. The van der Waals surface area contributed by atoms with Crippen molar-refractivity contribution >= 4 is 12.0 Å². The molecule has 1 atom stereocenters. The Morgan fingerprint density at radius 1 is 1.38 bits per heavy atom. The van der Waals surface area contributed by atoms with Gasteiger partial charge in [-0.25, -0.2) is 0 Å². The van der Waals surface area contributed by atoms with Crippen LogP contribution in [0.2, 0.25) is 0 Å². The van der Waals surface area contributed by atoms with Crippen LogP contribution in [0.4, 0.5) is 0 Å². The van der Waals surface area contributed by atoms with Gasteiger partial charge in [-0.1, -0.05) is 25.1 Å². The highest BCUT2D eigenvalue weighted by molar-refractivity contribution is 5.92. The van der Waals surface area contributed by atoms with Crippen LogP contribution in [0.3, 0.4) is 0 Å². The Hall–Kier alpha value is -2.63. The Balaban J connectivity index is 1.97. The Bertz CT molecular complexity index is 722. The van der Waals surface area contributed by atoms with Gasteiger partial charge in [0, 0.05) is 18.7 Å². The third-order valence-electron chi connectivity index (χ3n) is 3.84. The second-order valence-corrected chi connectivity index (χ2v) is 5.65. The molecule has 6 nitrogen and oxygen atoms in total. The van der Waals surface area contributed by atoms with E-state index < -0.39 is 0 Å². The molecular formula is C18H24N4O2. The van der Waals surface area contributed by atoms with Crippen LogP contribution >= 0.6 is 0 Å². The number of ether oxygens (including phenoxy) is 1. The van der Waals surface area contributed by atoms with Gasteiger partial charge in [-0.15, -0.1) is 10.2 Å². The van der Waals surface area contributed by atoms with Crippen molar-refractivity contribution in [3.05, 3.63) is 47.6 Å². The predicted molar refractivity (Wildman–Crippen MR) is 93.4 cm³/mol. The van der Waals surface area contributed by atoms with Gasteiger partial charge < -0.3 is 14.6 Å². The van der Waals surface area contributed by atoms with E-state index in [4.69, 9.17) is 4.74 Å². The Morgan fingerprint density at radius 3 is 2.79 bits per heavy atom. The van der Waals surface area contributed by atoms with Crippen molar-refractivity contribution in [2.45, 2.75) is 39.8 Å². The lowest BCUT2D eigenvalue weighted by Gasteiger charge is -2.14. The van der Waals surface area contributed by atoms with E-state index in [9.17, 15) is 4.79 Å². The van der Waals surface area contributed by atoms with E-state index in [1.807, 2.05) is 49.7 Å². The van der Waals surface area contributed by atoms with Gasteiger partial charge in [0.15, 0.2) is 5.82 Å². The highest BCUT2D eigenvalue weighted by Crippen LogP contribution is 2.21. The molecule has 0 aliphatic rings. The van der Waals surface area contributed by atoms with E-state index >= 15 is 0 Å². The standard InChI is InChI=1S/C18H24N4O2/c1-5-13(2)24-16-9-7-6-8-15(16)10-11-18(23)19-12-17-21-20-14(3)22(17)4/h6-11,13H,5,12H2,1-4H3,(H,19,23)/b11-10-/t13-/m0/s1. The summed E-state index contributed by atoms with van der Waals surface area (Å²) in [5.41, 5.74) is 0.877. The first-order chi connectivity index (χ1) is 11.5. The number of nitrogens with zero attached hydrogens (tertiary/aromatic N) is 3. The quantitative estimate of drug-likeness (QED) is 0.793. The summed E-state index contributed by atoms with van der Waals surface area (Å²) < 4.78 is 7.72. The van der Waals surface area contributed by atoms with E-state index in [2.05, 4.69) is 22.4 Å². The zero-order chi connectivity index (χ0) is 17.5. The van der Waals surface area contributed by atoms with Gasteiger partial charge in [-0.3, -0.25) is 4.79 Å². The number of nitrogens with one attached hydrogen (secondary N) is 1. The molecule has 2 rings (SSSR count). The first kappa shape index (κ1) is 17.7. The molecule has 0 unspecified atom stereocenters. The maximum atomic E-state index is 12.0. The largest absolute Gasteiger partial charge is 0.490 e. The zero-order valence-corrected chi connectivity index (χ0v) is 14.6. The average Bonchev–Trinajstić information content (AvgIpc) is 2.91. The van der Waals surface area contributed by atoms with Gasteiger partial charge in [-0.05, 0) is 32.4 Å². The molecule has 1 aromatic heterocycles. The fourth-order valence-corrected chi connectivity index (χ4v) is 2.02. The number of benzene rings is 1. The highest BCUT2D eigenvalue weighted by atomic mass is 16.5. The van der Waals surface area contributed by atoms with Gasteiger partial charge in [-0.2, -0.15) is 0 Å². The number of hydrogen-bond donors (Lipinski definition) is 1. The fraction of sp³-hybridized carbons (Fsp3) is 0.389. The third kappa shape index (κ3) is 4.68. The van der Waals surface area contributed by atoms with Crippen molar-refractivity contribution in [3.8, 4) is 5.75 Å². The minimum Gasteiger partial charge on any atom is -0.490 e. The minimum atomic E-state index is -0.186. The third-order valence-corrected chi connectivity index (χ3v) is 3.84. The normalized spacial score (nSPS) is 12.3. The van der Waals surface area contributed by atoms with Crippen LogP contribution in [-0.2, 0) is 18.4 Å². The lowest BCUT2D eigenvalue weighted by molar-refractivity contribution is -0.116. The summed E-state index contributed by atoms with van der Waals surface area (Å²) in [6.07, 6.45) is 4.32. The van der Waals surface area contributed by atoms with Crippen LogP contribution in [0.25, 0.3) is 6.08 Å². The van der Waals surface area contributed by atoms with Crippen molar-refractivity contribution in [2.24, 2.45) is 7.05 Å². The molecule has 0 saturated heterocycles. The van der Waals surface area contributed by atoms with E-state index in [0.717, 1.165) is 29.4 Å². The summed E-state index contributed by atoms with van der Waals surface area (Å²) in [7, 11) is 1.87. The molecule has 24 heavy (non-hydrogen) atoms. The summed E-state index contributed by atoms with van der Waals surface area (Å²) in [6.45, 7) is 6.30. The minimum absolute atomic E-state index is 0.132. The van der Waals surface area contributed by atoms with Crippen LogP contribution in [0.5, 0.6) is 5.75 Å². The van der Waals surface area contributed by atoms with Gasteiger partial charge in [0.25, 0.3) is 0 Å². The lowest BCUT2D eigenvalue weighted by Crippen LogP contribution is -2.22. The molecule has 0 aliphatic carbocycles. The summed E-state index contributed by atoms with van der Waals surface area (Å²) in [4.78, 5) is 12.0. The average molecular weight is 328 g/mol. The van der Waals surface area contributed by atoms with Gasteiger partial charge in [0.05, 0.1) is 12.6 Å². The summed E-state index contributed by atoms with van der Waals surface area (Å²) in [5, 5.41) is 10.8. The number of rotatable bonds is 7. The van der Waals surface area contributed by atoms with Crippen molar-refractivity contribution in [3.63, 3.8) is 0 Å². The maximum Gasteiger partial charge on any atom is 0.244 e. The van der Waals surface area contributed by atoms with Crippen LogP contribution in [0.15, 0.2) is 30.3 Å². The molecule has 128 valence electrons. The van der Waals surface area contributed by atoms with Crippen molar-refractivity contribution in [1.29, 1.82) is 0 Å². The predicted octanol–water partition coefficient (Wildman–Crippen LogP) is 2.63. The molecule has 0 aliphatic heterocycles. The van der Waals surface area contributed by atoms with E-state index in [1.165, 1.54) is 6.08 Å². The molecule has 1 N–H and O–H groups in total. The second kappa shape index (κ2) is 8.29. The number of aromatic nitrogens is 3. The Labute approximate surface area is 142 Å². The SMILES string of the molecule is CC[C@H](C)Oc1ccccc1/C=C\C(=O)NCc1nnc(C)n1C. The first-order valence-corrected chi connectivity index (χ1v) is 8.07. The molecule has 0 spiro atoms. The van der Waals surface area contributed by atoms with Crippen LogP contribution in [0, 0.1) is 6.92 Å². The van der Waals surface area contributed by atoms with Crippen molar-refractivity contribution in [2.75, 3.05) is 0 Å². The molecule has 6 heteroatoms. The van der Waals surface area contributed by atoms with Crippen molar-refractivity contribution < 1.29 is 9.53 Å². The fourth-order valence-electron chi connectivity index (χ4n) is 2.02. The zero-order valence-electron chi connectivity index (χ0n) is 14.6. The molecular weight excluding hydrogens is 304 g/mol. The summed E-state index contributed by atoms with van der Waals surface area (Å²) in [6, 6.07) is 7.68. The summed E-state index contributed by atoms with van der Waals surface area (Å²) in [5.74, 6) is 2.12. The van der Waals surface area contributed by atoms with Gasteiger partial charge in [0.2, 0.25) is 5.91 Å². The molecule has 1 heterocycles. The monoisotopic (exact) mass is 328 g/mol. The van der Waals surface area contributed by atoms with Crippen LogP contribution in [0.1, 0.15) is 37.5 Å². The number of hydrogen-bond acceptors (Lipinski definition) is 4. The number of para-hydroxylation sites is 1. The van der Waals surface area contributed by atoms with E-state index in [0.29, 0.717) is 6.54 Å². The second-order valence-electron chi connectivity index (χ2n) is 5.65. The van der Waals surface area contributed by atoms with Gasteiger partial charge in [0.1, 0.15) is 11.6 Å². The maximum absolute atomic E-state index is 12.0. The first-order valence-electron chi connectivity index (χ1n) is 8.07. The van der Waals surface area contributed by atoms with E-state index in [1.54, 1.807) is 6.08 Å². The van der Waals surface area contributed by atoms with Crippen LogP contribution < -0.4 is 10.1 Å². The molecule has 2 aromatic rings. The molecule has 1 amide bonds. The molecule has 0 saturated carbocycles. The molecule has 0 fully saturated rings. The van der Waals surface area contributed by atoms with Crippen LogP contribution in [-0.4, -0.2) is 26.8 Å². The molecule has 0 radical (unpaired) electrons. The number of carbonyl (C=O) groups is 1. The number of amides is 1. The smallest absolute Gasteiger partial charge is 0.244 e. The topological polar surface area (TPSA) is 69.0 Å². The molecule has 1 aromatic carbocycles. The molecule has 0 bridgehead atoms.